The van der Waals surface area contributed by atoms with Crippen molar-refractivity contribution in [1.82, 2.24) is 4.90 Å². The van der Waals surface area contributed by atoms with Gasteiger partial charge in [0.15, 0.2) is 0 Å². The second kappa shape index (κ2) is 6.16. The summed E-state index contributed by atoms with van der Waals surface area (Å²) >= 11 is 0. The molecule has 2 bridgehead atoms. The second-order valence-corrected chi connectivity index (χ2v) is 6.23. The molecule has 0 aliphatic carbocycles. The SMILES string of the molecule is CN1[C@H]2CC[C@H]1CC(OC(=O)[C@@H](CO)c1ccccc1)C2. The number of carbonyl (C=O) groups excluding carboxylic acids is 1. The number of benzene rings is 1. The van der Waals surface area contributed by atoms with E-state index in [9.17, 15) is 9.90 Å². The molecule has 0 amide bonds. The maximum atomic E-state index is 12.4. The van der Waals surface area contributed by atoms with Crippen LogP contribution >= 0.6 is 0 Å². The van der Waals surface area contributed by atoms with Gasteiger partial charge in [-0.05, 0) is 38.3 Å². The van der Waals surface area contributed by atoms with Crippen molar-refractivity contribution in [2.24, 2.45) is 0 Å². The number of nitrogens with zero attached hydrogens (tertiary/aromatic N) is 1. The Labute approximate surface area is 125 Å². The highest BCUT2D eigenvalue weighted by Crippen LogP contribution is 2.36. The molecule has 0 radical (unpaired) electrons. The number of hydrogen-bond donors (Lipinski definition) is 1. The van der Waals surface area contributed by atoms with E-state index >= 15 is 0 Å². The Morgan fingerprint density at radius 2 is 1.90 bits per heavy atom. The Morgan fingerprint density at radius 1 is 1.29 bits per heavy atom. The van der Waals surface area contributed by atoms with Crippen LogP contribution in [0.2, 0.25) is 0 Å². The van der Waals surface area contributed by atoms with Gasteiger partial charge in [-0.1, -0.05) is 30.3 Å². The summed E-state index contributed by atoms with van der Waals surface area (Å²) in [7, 11) is 2.17. The zero-order chi connectivity index (χ0) is 14.8. The van der Waals surface area contributed by atoms with Gasteiger partial charge in [-0.2, -0.15) is 0 Å². The van der Waals surface area contributed by atoms with Crippen molar-refractivity contribution in [2.75, 3.05) is 13.7 Å². The van der Waals surface area contributed by atoms with Gasteiger partial charge in [0.05, 0.1) is 6.61 Å². The second-order valence-electron chi connectivity index (χ2n) is 6.23. The van der Waals surface area contributed by atoms with E-state index in [-0.39, 0.29) is 18.7 Å². The van der Waals surface area contributed by atoms with Crippen molar-refractivity contribution < 1.29 is 14.6 Å². The van der Waals surface area contributed by atoms with E-state index in [4.69, 9.17) is 4.74 Å². The van der Waals surface area contributed by atoms with Gasteiger partial charge in [-0.25, -0.2) is 0 Å². The smallest absolute Gasteiger partial charge is 0.316 e. The van der Waals surface area contributed by atoms with Crippen LogP contribution in [0.25, 0.3) is 0 Å². The van der Waals surface area contributed by atoms with Gasteiger partial charge in [0.2, 0.25) is 0 Å². The van der Waals surface area contributed by atoms with Crippen molar-refractivity contribution in [1.29, 1.82) is 0 Å². The quantitative estimate of drug-likeness (QED) is 0.861. The Balaban J connectivity index is 1.63. The minimum absolute atomic E-state index is 0.00367. The van der Waals surface area contributed by atoms with E-state index in [1.807, 2.05) is 30.3 Å². The lowest BCUT2D eigenvalue weighted by Crippen LogP contribution is -2.43. The highest BCUT2D eigenvalue weighted by atomic mass is 16.5. The van der Waals surface area contributed by atoms with Gasteiger partial charge in [0.1, 0.15) is 12.0 Å². The van der Waals surface area contributed by atoms with Crippen LogP contribution in [0.3, 0.4) is 0 Å². The normalized spacial score (nSPS) is 30.1. The average Bonchev–Trinajstić information content (AvgIpc) is 2.72. The van der Waals surface area contributed by atoms with E-state index in [1.54, 1.807) is 0 Å². The third-order valence-electron chi connectivity index (χ3n) is 5.01. The molecule has 2 aliphatic rings. The molecule has 3 rings (SSSR count). The average molecular weight is 289 g/mol. The Hall–Kier alpha value is -1.39. The Kier molecular flexibility index (Phi) is 4.27. The Bertz CT molecular complexity index is 476. The molecule has 1 N–H and O–H groups in total. The van der Waals surface area contributed by atoms with Crippen LogP contribution in [-0.4, -0.2) is 47.8 Å². The van der Waals surface area contributed by atoms with Crippen LogP contribution in [0, 0.1) is 0 Å². The summed E-state index contributed by atoms with van der Waals surface area (Å²) in [4.78, 5) is 14.8. The molecule has 2 aliphatic heterocycles. The summed E-state index contributed by atoms with van der Waals surface area (Å²) in [5.41, 5.74) is 0.820. The number of ether oxygens (including phenoxy) is 1. The molecule has 0 unspecified atom stereocenters. The molecule has 21 heavy (non-hydrogen) atoms. The van der Waals surface area contributed by atoms with E-state index < -0.39 is 5.92 Å². The van der Waals surface area contributed by atoms with Gasteiger partial charge >= 0.3 is 5.97 Å². The van der Waals surface area contributed by atoms with Gasteiger partial charge in [0.25, 0.3) is 0 Å². The summed E-state index contributed by atoms with van der Waals surface area (Å²) in [5, 5.41) is 9.53. The predicted octanol–water partition coefficient (Wildman–Crippen LogP) is 1.93. The van der Waals surface area contributed by atoms with Crippen LogP contribution < -0.4 is 0 Å². The number of rotatable bonds is 4. The maximum absolute atomic E-state index is 12.4. The molecule has 114 valence electrons. The van der Waals surface area contributed by atoms with Gasteiger partial charge in [-0.3, -0.25) is 4.79 Å². The summed E-state index contributed by atoms with van der Waals surface area (Å²) in [6.45, 7) is -0.206. The van der Waals surface area contributed by atoms with E-state index in [1.165, 1.54) is 12.8 Å². The molecule has 0 saturated carbocycles. The molecule has 1 aromatic carbocycles. The number of hydrogen-bond acceptors (Lipinski definition) is 4. The standard InChI is InChI=1S/C17H23NO3/c1-18-13-7-8-14(18)10-15(9-13)21-17(20)16(11-19)12-5-3-2-4-6-12/h2-6,13-16,19H,7-11H2,1H3/t13-,14-,16-/m0/s1. The number of carbonyl (C=O) groups is 1. The van der Waals surface area contributed by atoms with Crippen molar-refractivity contribution in [3.63, 3.8) is 0 Å². The first-order valence-corrected chi connectivity index (χ1v) is 7.77. The highest BCUT2D eigenvalue weighted by molar-refractivity contribution is 5.78. The van der Waals surface area contributed by atoms with Gasteiger partial charge in [-0.15, -0.1) is 0 Å². The largest absolute Gasteiger partial charge is 0.462 e. The zero-order valence-electron chi connectivity index (χ0n) is 12.4. The van der Waals surface area contributed by atoms with Crippen molar-refractivity contribution in [3.8, 4) is 0 Å². The number of aliphatic hydroxyl groups excluding tert-OH is 1. The van der Waals surface area contributed by atoms with Crippen LogP contribution in [0.15, 0.2) is 30.3 Å². The van der Waals surface area contributed by atoms with Crippen LogP contribution in [0.4, 0.5) is 0 Å². The minimum Gasteiger partial charge on any atom is -0.462 e. The fraction of sp³-hybridized carbons (Fsp3) is 0.588. The van der Waals surface area contributed by atoms with Gasteiger partial charge < -0.3 is 14.7 Å². The fourth-order valence-electron chi connectivity index (χ4n) is 3.71. The Morgan fingerprint density at radius 3 is 2.48 bits per heavy atom. The third kappa shape index (κ3) is 2.97. The molecule has 2 saturated heterocycles. The van der Waals surface area contributed by atoms with E-state index in [2.05, 4.69) is 11.9 Å². The summed E-state index contributed by atoms with van der Waals surface area (Å²) in [6.07, 6.45) is 4.26. The van der Waals surface area contributed by atoms with Gasteiger partial charge in [0, 0.05) is 12.1 Å². The van der Waals surface area contributed by atoms with E-state index in [0.29, 0.717) is 12.1 Å². The topological polar surface area (TPSA) is 49.8 Å². The highest BCUT2D eigenvalue weighted by Gasteiger charge is 2.40. The fourth-order valence-corrected chi connectivity index (χ4v) is 3.71. The maximum Gasteiger partial charge on any atom is 0.316 e. The molecular formula is C17H23NO3. The van der Waals surface area contributed by atoms with E-state index in [0.717, 1.165) is 18.4 Å². The molecule has 2 heterocycles. The lowest BCUT2D eigenvalue weighted by molar-refractivity contribution is -0.155. The lowest BCUT2D eigenvalue weighted by Gasteiger charge is -2.36. The molecule has 0 aromatic heterocycles. The van der Waals surface area contributed by atoms with Crippen LogP contribution in [0.5, 0.6) is 0 Å². The predicted molar refractivity (Wildman–Crippen MR) is 80.0 cm³/mol. The molecule has 2 fully saturated rings. The third-order valence-corrected chi connectivity index (χ3v) is 5.01. The first kappa shape index (κ1) is 14.5. The number of aliphatic hydroxyl groups is 1. The summed E-state index contributed by atoms with van der Waals surface area (Å²) in [5.74, 6) is -0.860. The minimum atomic E-state index is -0.566. The number of piperidine rings is 1. The number of esters is 1. The first-order chi connectivity index (χ1) is 10.2. The lowest BCUT2D eigenvalue weighted by atomic mass is 9.98. The molecular weight excluding hydrogens is 266 g/mol. The van der Waals surface area contributed by atoms with Crippen molar-refractivity contribution >= 4 is 5.97 Å². The van der Waals surface area contributed by atoms with Crippen LogP contribution in [-0.2, 0) is 9.53 Å². The van der Waals surface area contributed by atoms with Crippen molar-refractivity contribution in [3.05, 3.63) is 35.9 Å². The molecule has 0 spiro atoms. The molecule has 1 aromatic rings. The molecule has 3 atom stereocenters. The van der Waals surface area contributed by atoms with Crippen molar-refractivity contribution in [2.45, 2.75) is 49.8 Å². The van der Waals surface area contributed by atoms with Crippen LogP contribution in [0.1, 0.15) is 37.2 Å². The number of fused-ring (bicyclic) bond motifs is 2. The summed E-state index contributed by atoms with van der Waals surface area (Å²) < 4.78 is 5.70. The molecule has 4 nitrogen and oxygen atoms in total. The summed E-state index contributed by atoms with van der Waals surface area (Å²) in [6, 6.07) is 10.5. The molecule has 4 heteroatoms. The zero-order valence-corrected chi connectivity index (χ0v) is 12.4. The first-order valence-electron chi connectivity index (χ1n) is 7.77. The monoisotopic (exact) mass is 289 g/mol.